The van der Waals surface area contributed by atoms with Crippen molar-refractivity contribution >= 4 is 41.1 Å². The van der Waals surface area contributed by atoms with Gasteiger partial charge in [0.05, 0.1) is 0 Å². The van der Waals surface area contributed by atoms with Crippen molar-refractivity contribution in [1.82, 2.24) is 16.0 Å². The number of nitrogens with one attached hydrogen (secondary N) is 3. The average Bonchev–Trinajstić information content (AvgIpc) is 3.02. The number of rotatable bonds is 18. The maximum atomic E-state index is 13.6. The molecule has 0 aliphatic heterocycles. The number of allylic oxidation sites excluding steroid dienone is 4. The van der Waals surface area contributed by atoms with Crippen molar-refractivity contribution in [3.05, 3.63) is 89.0 Å². The third-order valence-corrected chi connectivity index (χ3v) is 7.18. The van der Waals surface area contributed by atoms with Crippen LogP contribution >= 0.6 is 0 Å². The summed E-state index contributed by atoms with van der Waals surface area (Å²) < 4.78 is 0. The molecule has 0 aliphatic rings. The Balaban J connectivity index is 2.25. The van der Waals surface area contributed by atoms with Crippen LogP contribution in [-0.2, 0) is 32.0 Å². The predicted octanol–water partition coefficient (Wildman–Crippen LogP) is 1.16. The Bertz CT molecular complexity index is 1480. The third kappa shape index (κ3) is 13.2. The van der Waals surface area contributed by atoms with Crippen molar-refractivity contribution in [3.8, 4) is 0 Å². The average molecular weight is 647 g/mol. The number of nitrogen functional groups attached to an aromatic ring is 1. The fourth-order valence-corrected chi connectivity index (χ4v) is 4.73. The lowest BCUT2D eigenvalue weighted by atomic mass is 9.98. The molecule has 13 heteroatoms. The summed E-state index contributed by atoms with van der Waals surface area (Å²) in [6, 6.07) is 10.4. The van der Waals surface area contributed by atoms with Gasteiger partial charge >= 0.3 is 0 Å². The van der Waals surface area contributed by atoms with E-state index in [-0.39, 0.29) is 31.0 Å². The molecule has 0 bridgehead atoms. The van der Waals surface area contributed by atoms with Gasteiger partial charge in [0.15, 0.2) is 11.7 Å². The summed E-state index contributed by atoms with van der Waals surface area (Å²) in [5.74, 6) is -2.63. The highest BCUT2D eigenvalue weighted by molar-refractivity contribution is 6.10. The van der Waals surface area contributed by atoms with Gasteiger partial charge in [0, 0.05) is 43.1 Å². The first-order valence-electron chi connectivity index (χ1n) is 15.3. The van der Waals surface area contributed by atoms with Gasteiger partial charge in [-0.1, -0.05) is 54.6 Å². The number of Topliss-reactive ketones (excluding diaryl/α,β-unsaturated/α-hetero) is 1. The molecular formula is C34H46N8O5. The van der Waals surface area contributed by atoms with Crippen LogP contribution < -0.4 is 38.9 Å². The van der Waals surface area contributed by atoms with Crippen molar-refractivity contribution in [1.29, 1.82) is 0 Å². The Morgan fingerprint density at radius 1 is 0.766 bits per heavy atom. The zero-order chi connectivity index (χ0) is 34.9. The molecule has 0 fully saturated rings. The summed E-state index contributed by atoms with van der Waals surface area (Å²) in [5.41, 5.74) is 25.1. The molecule has 0 radical (unpaired) electrons. The van der Waals surface area contributed by atoms with Crippen molar-refractivity contribution in [3.63, 3.8) is 0 Å². The molecule has 13 nitrogen and oxygen atoms in total. The molecule has 2 aromatic rings. The van der Waals surface area contributed by atoms with Crippen molar-refractivity contribution in [2.75, 3.05) is 12.3 Å². The highest BCUT2D eigenvalue weighted by Crippen LogP contribution is 2.14. The van der Waals surface area contributed by atoms with Crippen LogP contribution in [0.4, 0.5) is 5.69 Å². The second-order valence-corrected chi connectivity index (χ2v) is 11.0. The van der Waals surface area contributed by atoms with E-state index in [2.05, 4.69) is 20.9 Å². The highest BCUT2D eigenvalue weighted by atomic mass is 16.2. The number of primary amides is 1. The number of carbonyl (C=O) groups excluding carboxylic acids is 5. The van der Waals surface area contributed by atoms with Gasteiger partial charge in [-0.15, -0.1) is 0 Å². The van der Waals surface area contributed by atoms with E-state index < -0.39 is 41.8 Å². The minimum Gasteiger partial charge on any atom is -0.399 e. The zero-order valence-electron chi connectivity index (χ0n) is 27.1. The van der Waals surface area contributed by atoms with Crippen molar-refractivity contribution in [2.45, 2.75) is 71.0 Å². The van der Waals surface area contributed by atoms with Crippen LogP contribution in [0.3, 0.4) is 0 Å². The number of guanidine groups is 1. The Morgan fingerprint density at radius 3 is 1.85 bits per heavy atom. The van der Waals surface area contributed by atoms with E-state index in [1.807, 2.05) is 6.92 Å². The standard InChI is InChI=1S/C34H46N8O5/c1-4-8-24(5-2)30(44)25-14-10-22(11-15-25)20-29(40-21(3)43)33(47)41-27(9-6-7-18-39-34(37)38)32(46)42-28(31(36)45)19-23-12-16-26(35)17-13-23/h4-5,8,10-17,27-29H,6-7,9,18-20,35H2,1-3H3,(H2,36,45)(H,40,43)(H,41,47)(H,42,46)(H4,37,38,39)/b8-4-,24-5+. The number of anilines is 1. The van der Waals surface area contributed by atoms with Gasteiger partial charge in [0.25, 0.3) is 0 Å². The van der Waals surface area contributed by atoms with Gasteiger partial charge in [-0.25, -0.2) is 0 Å². The van der Waals surface area contributed by atoms with Gasteiger partial charge in [-0.3, -0.25) is 29.0 Å². The van der Waals surface area contributed by atoms with E-state index in [1.54, 1.807) is 73.7 Å². The molecule has 0 aromatic heterocycles. The van der Waals surface area contributed by atoms with Gasteiger partial charge < -0.3 is 38.9 Å². The molecule has 0 saturated carbocycles. The number of unbranched alkanes of at least 4 members (excludes halogenated alkanes) is 1. The molecular weight excluding hydrogens is 600 g/mol. The lowest BCUT2D eigenvalue weighted by Gasteiger charge is -2.25. The lowest BCUT2D eigenvalue weighted by molar-refractivity contribution is -0.133. The molecule has 0 heterocycles. The monoisotopic (exact) mass is 646 g/mol. The maximum absolute atomic E-state index is 13.6. The molecule has 4 amide bonds. The zero-order valence-corrected chi connectivity index (χ0v) is 27.1. The summed E-state index contributed by atoms with van der Waals surface area (Å²) in [5, 5.41) is 8.03. The Labute approximate surface area is 275 Å². The summed E-state index contributed by atoms with van der Waals surface area (Å²) in [4.78, 5) is 68.1. The van der Waals surface area contributed by atoms with Crippen LogP contribution in [0.1, 0.15) is 61.5 Å². The van der Waals surface area contributed by atoms with Crippen LogP contribution in [0.15, 0.2) is 77.3 Å². The smallest absolute Gasteiger partial charge is 0.243 e. The normalized spacial score (nSPS) is 13.2. The maximum Gasteiger partial charge on any atom is 0.243 e. The lowest BCUT2D eigenvalue weighted by Crippen LogP contribution is -2.57. The molecule has 11 N–H and O–H groups in total. The Morgan fingerprint density at radius 2 is 1.32 bits per heavy atom. The van der Waals surface area contributed by atoms with Crippen LogP contribution in [-0.4, -0.2) is 60.0 Å². The number of nitrogens with zero attached hydrogens (tertiary/aromatic N) is 1. The van der Waals surface area contributed by atoms with E-state index in [0.29, 0.717) is 41.8 Å². The number of hydrogen-bond donors (Lipinski definition) is 7. The molecule has 47 heavy (non-hydrogen) atoms. The van der Waals surface area contributed by atoms with Crippen LogP contribution in [0, 0.1) is 0 Å². The van der Waals surface area contributed by atoms with E-state index in [4.69, 9.17) is 22.9 Å². The Kier molecular flexibility index (Phi) is 15.4. The van der Waals surface area contributed by atoms with Gasteiger partial charge in [0.1, 0.15) is 18.1 Å². The molecule has 3 atom stereocenters. The minimum absolute atomic E-state index is 0.0600. The molecule has 2 rings (SSSR count). The molecule has 0 spiro atoms. The number of carbonyl (C=O) groups is 5. The Hall–Kier alpha value is -5.46. The highest BCUT2D eigenvalue weighted by Gasteiger charge is 2.29. The topological polar surface area (TPSA) is 238 Å². The molecule has 2 aromatic carbocycles. The van der Waals surface area contributed by atoms with Gasteiger partial charge in [-0.05, 0) is 56.4 Å². The minimum atomic E-state index is -1.07. The van der Waals surface area contributed by atoms with Crippen LogP contribution in [0.5, 0.6) is 0 Å². The number of nitrogens with two attached hydrogens (primary N) is 4. The second kappa shape index (κ2) is 19.1. The van der Waals surface area contributed by atoms with Gasteiger partial charge in [0.2, 0.25) is 23.6 Å². The summed E-state index contributed by atoms with van der Waals surface area (Å²) in [7, 11) is 0. The molecule has 3 unspecified atom stereocenters. The van der Waals surface area contributed by atoms with Gasteiger partial charge in [-0.2, -0.15) is 0 Å². The number of amides is 4. The first-order valence-corrected chi connectivity index (χ1v) is 15.3. The summed E-state index contributed by atoms with van der Waals surface area (Å²) in [6.07, 6.45) is 6.60. The summed E-state index contributed by atoms with van der Waals surface area (Å²) >= 11 is 0. The fraction of sp³-hybridized carbons (Fsp3) is 0.353. The number of aliphatic imine (C=N–C) groups is 1. The number of benzene rings is 2. The first kappa shape index (κ1) is 37.7. The fourth-order valence-electron chi connectivity index (χ4n) is 4.73. The number of ketones is 1. The largest absolute Gasteiger partial charge is 0.399 e. The second-order valence-electron chi connectivity index (χ2n) is 11.0. The SMILES string of the molecule is C/C=C\C(=C/C)C(=O)c1ccc(CC(NC(C)=O)C(=O)NC(CCCCN=C(N)N)C(=O)NC(Cc2ccc(N)cc2)C(N)=O)cc1. The summed E-state index contributed by atoms with van der Waals surface area (Å²) in [6.45, 7) is 5.21. The van der Waals surface area contributed by atoms with Crippen molar-refractivity contribution < 1.29 is 24.0 Å². The van der Waals surface area contributed by atoms with Crippen LogP contribution in [0.25, 0.3) is 0 Å². The van der Waals surface area contributed by atoms with E-state index in [1.165, 1.54) is 6.92 Å². The number of hydrogen-bond acceptors (Lipinski definition) is 7. The van der Waals surface area contributed by atoms with Crippen LogP contribution in [0.2, 0.25) is 0 Å². The molecule has 252 valence electrons. The first-order chi connectivity index (χ1) is 22.3. The molecule has 0 aliphatic carbocycles. The van der Waals surface area contributed by atoms with Crippen molar-refractivity contribution in [2.24, 2.45) is 22.2 Å². The predicted molar refractivity (Wildman–Crippen MR) is 183 cm³/mol. The van der Waals surface area contributed by atoms with E-state index >= 15 is 0 Å². The molecule has 0 saturated heterocycles. The van der Waals surface area contributed by atoms with E-state index in [9.17, 15) is 24.0 Å². The quantitative estimate of drug-likeness (QED) is 0.0235. The van der Waals surface area contributed by atoms with E-state index in [0.717, 1.165) is 5.56 Å². The third-order valence-electron chi connectivity index (χ3n) is 7.18.